The fraction of sp³-hybridized carbons (Fsp3) is 0.0769. The van der Waals surface area contributed by atoms with Crippen LogP contribution >= 0.6 is 38.5 Å². The van der Waals surface area contributed by atoms with Gasteiger partial charge in [-0.25, -0.2) is 5.43 Å². The van der Waals surface area contributed by atoms with Gasteiger partial charge >= 0.3 is 0 Å². The van der Waals surface area contributed by atoms with E-state index in [0.29, 0.717) is 12.2 Å². The van der Waals surface area contributed by atoms with Crippen molar-refractivity contribution >= 4 is 50.6 Å². The van der Waals surface area contributed by atoms with Crippen LogP contribution in [0.25, 0.3) is 0 Å². The van der Waals surface area contributed by atoms with Crippen molar-refractivity contribution in [2.45, 2.75) is 6.42 Å². The second-order valence-corrected chi connectivity index (χ2v) is 5.56. The van der Waals surface area contributed by atoms with E-state index in [1.54, 1.807) is 6.07 Å². The van der Waals surface area contributed by atoms with Crippen LogP contribution in [0.15, 0.2) is 50.4 Å². The highest BCUT2D eigenvalue weighted by atomic mass is 127. The first kappa shape index (κ1) is 14.3. The van der Waals surface area contributed by atoms with Crippen LogP contribution in [0.5, 0.6) is 0 Å². The number of carbonyl (C=O) groups excluding carboxylic acids is 1. The molecule has 0 spiro atoms. The molecule has 2 rings (SSSR count). The molecule has 1 amide bonds. The fourth-order valence-corrected chi connectivity index (χ4v) is 2.13. The van der Waals surface area contributed by atoms with Crippen molar-refractivity contribution in [2.24, 2.45) is 5.10 Å². The van der Waals surface area contributed by atoms with Crippen molar-refractivity contribution in [1.29, 1.82) is 0 Å². The SMILES string of the molecule is O=C(Cc1ccccc1)N/N=C\c1cc(Br)c(I)o1. The Morgan fingerprint density at radius 3 is 2.79 bits per heavy atom. The predicted molar refractivity (Wildman–Crippen MR) is 85.0 cm³/mol. The summed E-state index contributed by atoms with van der Waals surface area (Å²) in [4.78, 5) is 11.6. The van der Waals surface area contributed by atoms with Crippen LogP contribution in [0.4, 0.5) is 0 Å². The van der Waals surface area contributed by atoms with Crippen molar-refractivity contribution in [3.63, 3.8) is 0 Å². The Balaban J connectivity index is 1.87. The zero-order valence-electron chi connectivity index (χ0n) is 9.77. The number of furan rings is 1. The number of halogens is 2. The summed E-state index contributed by atoms with van der Waals surface area (Å²) in [5.74, 6) is 0.416. The molecule has 0 atom stereocenters. The van der Waals surface area contributed by atoms with Gasteiger partial charge in [0.25, 0.3) is 0 Å². The Hall–Kier alpha value is -1.15. The molecule has 0 aliphatic heterocycles. The lowest BCUT2D eigenvalue weighted by Gasteiger charge is -1.99. The summed E-state index contributed by atoms with van der Waals surface area (Å²) in [5.41, 5.74) is 3.41. The predicted octanol–water partition coefficient (Wildman–Crippen LogP) is 3.34. The van der Waals surface area contributed by atoms with E-state index in [1.807, 2.05) is 30.3 Å². The van der Waals surface area contributed by atoms with Gasteiger partial charge < -0.3 is 4.42 Å². The molecule has 2 aromatic rings. The summed E-state index contributed by atoms with van der Waals surface area (Å²) in [7, 11) is 0. The summed E-state index contributed by atoms with van der Waals surface area (Å²) in [6, 6.07) is 11.3. The van der Waals surface area contributed by atoms with Gasteiger partial charge in [-0.1, -0.05) is 30.3 Å². The maximum absolute atomic E-state index is 11.6. The van der Waals surface area contributed by atoms with Gasteiger partial charge in [0, 0.05) is 28.7 Å². The number of carbonyl (C=O) groups is 1. The van der Waals surface area contributed by atoms with Gasteiger partial charge in [-0.2, -0.15) is 5.10 Å². The number of hydrogen-bond acceptors (Lipinski definition) is 3. The zero-order valence-corrected chi connectivity index (χ0v) is 13.5. The van der Waals surface area contributed by atoms with Gasteiger partial charge in [-0.3, -0.25) is 4.79 Å². The molecule has 0 unspecified atom stereocenters. The average molecular weight is 433 g/mol. The van der Waals surface area contributed by atoms with Crippen molar-refractivity contribution in [3.8, 4) is 0 Å². The van der Waals surface area contributed by atoms with Gasteiger partial charge in [0.1, 0.15) is 5.76 Å². The standard InChI is InChI=1S/C13H10BrIN2O2/c14-11-7-10(19-13(11)15)8-16-17-12(18)6-9-4-2-1-3-5-9/h1-5,7-8H,6H2,(H,17,18)/b16-8-. The van der Waals surface area contributed by atoms with Crippen LogP contribution in [-0.2, 0) is 11.2 Å². The minimum Gasteiger partial charge on any atom is -0.448 e. The number of nitrogens with one attached hydrogen (secondary N) is 1. The van der Waals surface area contributed by atoms with Crippen molar-refractivity contribution < 1.29 is 9.21 Å². The summed E-state index contributed by atoms with van der Waals surface area (Å²) in [5, 5.41) is 3.85. The van der Waals surface area contributed by atoms with Gasteiger partial charge in [0.2, 0.25) is 5.91 Å². The topological polar surface area (TPSA) is 54.6 Å². The van der Waals surface area contributed by atoms with E-state index < -0.39 is 0 Å². The average Bonchev–Trinajstić information content (AvgIpc) is 2.70. The monoisotopic (exact) mass is 432 g/mol. The first-order valence-corrected chi connectivity index (χ1v) is 7.33. The van der Waals surface area contributed by atoms with Crippen LogP contribution in [0.1, 0.15) is 11.3 Å². The van der Waals surface area contributed by atoms with Crippen LogP contribution in [0.3, 0.4) is 0 Å². The third kappa shape index (κ3) is 4.46. The Morgan fingerprint density at radius 2 is 2.16 bits per heavy atom. The molecule has 19 heavy (non-hydrogen) atoms. The quantitative estimate of drug-likeness (QED) is 0.457. The lowest BCUT2D eigenvalue weighted by atomic mass is 10.1. The largest absolute Gasteiger partial charge is 0.448 e. The summed E-state index contributed by atoms with van der Waals surface area (Å²) >= 11 is 5.39. The van der Waals surface area contributed by atoms with Crippen molar-refractivity contribution in [2.75, 3.05) is 0 Å². The fourth-order valence-electron chi connectivity index (χ4n) is 1.42. The summed E-state index contributed by atoms with van der Waals surface area (Å²) < 4.78 is 6.96. The van der Waals surface area contributed by atoms with Gasteiger partial charge in [-0.15, -0.1) is 0 Å². The van der Waals surface area contributed by atoms with Crippen LogP contribution in [0.2, 0.25) is 0 Å². The lowest BCUT2D eigenvalue weighted by Crippen LogP contribution is -2.19. The number of hydrogen-bond donors (Lipinski definition) is 1. The molecular formula is C13H10BrIN2O2. The van der Waals surface area contributed by atoms with Crippen molar-refractivity contribution in [3.05, 3.63) is 56.0 Å². The van der Waals surface area contributed by atoms with Gasteiger partial charge in [0.05, 0.1) is 17.1 Å². The molecule has 0 radical (unpaired) electrons. The van der Waals surface area contributed by atoms with Crippen LogP contribution in [-0.4, -0.2) is 12.1 Å². The van der Waals surface area contributed by atoms with Crippen LogP contribution < -0.4 is 5.43 Å². The van der Waals surface area contributed by atoms with E-state index in [1.165, 1.54) is 6.21 Å². The van der Waals surface area contributed by atoms with E-state index in [2.05, 4.69) is 49.0 Å². The molecule has 0 aliphatic carbocycles. The minimum absolute atomic E-state index is 0.164. The molecule has 1 aromatic heterocycles. The molecule has 1 heterocycles. The normalized spacial score (nSPS) is 10.8. The third-order valence-electron chi connectivity index (χ3n) is 2.25. The Kier molecular flexibility index (Phi) is 5.15. The minimum atomic E-state index is -0.164. The lowest BCUT2D eigenvalue weighted by molar-refractivity contribution is -0.120. The number of nitrogens with zero attached hydrogens (tertiary/aromatic N) is 1. The summed E-state index contributed by atoms with van der Waals surface area (Å²) in [6.45, 7) is 0. The molecule has 1 N–H and O–H groups in total. The van der Waals surface area contributed by atoms with E-state index in [9.17, 15) is 4.79 Å². The molecule has 0 bridgehead atoms. The second kappa shape index (κ2) is 6.85. The Morgan fingerprint density at radius 1 is 1.42 bits per heavy atom. The molecule has 0 aliphatic rings. The highest BCUT2D eigenvalue weighted by Gasteiger charge is 2.04. The number of amides is 1. The van der Waals surface area contributed by atoms with Crippen LogP contribution in [0, 0.1) is 3.77 Å². The van der Waals surface area contributed by atoms with E-state index >= 15 is 0 Å². The first-order chi connectivity index (χ1) is 9.15. The number of hydrazone groups is 1. The first-order valence-electron chi connectivity index (χ1n) is 5.46. The smallest absolute Gasteiger partial charge is 0.244 e. The Labute approximate surface area is 132 Å². The Bertz CT molecular complexity index is 576. The molecule has 0 fully saturated rings. The molecule has 6 heteroatoms. The van der Waals surface area contributed by atoms with E-state index in [4.69, 9.17) is 4.42 Å². The molecular weight excluding hydrogens is 423 g/mol. The van der Waals surface area contributed by atoms with Gasteiger partial charge in [-0.05, 0) is 21.5 Å². The van der Waals surface area contributed by atoms with Gasteiger partial charge in [0.15, 0.2) is 3.77 Å². The van der Waals surface area contributed by atoms with E-state index in [-0.39, 0.29) is 5.91 Å². The number of rotatable bonds is 4. The molecule has 4 nitrogen and oxygen atoms in total. The highest BCUT2D eigenvalue weighted by molar-refractivity contribution is 14.1. The molecule has 98 valence electrons. The number of benzene rings is 1. The maximum Gasteiger partial charge on any atom is 0.244 e. The molecule has 0 saturated heterocycles. The third-order valence-corrected chi connectivity index (χ3v) is 4.38. The van der Waals surface area contributed by atoms with E-state index in [0.717, 1.165) is 13.8 Å². The highest BCUT2D eigenvalue weighted by Crippen LogP contribution is 2.21. The zero-order chi connectivity index (χ0) is 13.7. The maximum atomic E-state index is 11.6. The molecule has 0 saturated carbocycles. The van der Waals surface area contributed by atoms with Crippen molar-refractivity contribution in [1.82, 2.24) is 5.43 Å². The summed E-state index contributed by atoms with van der Waals surface area (Å²) in [6.07, 6.45) is 1.77. The second-order valence-electron chi connectivity index (χ2n) is 3.73. The molecule has 1 aromatic carbocycles.